The van der Waals surface area contributed by atoms with Gasteiger partial charge in [0.1, 0.15) is 0 Å². The maximum atomic E-state index is 6.31. The third kappa shape index (κ3) is 2.77. The predicted molar refractivity (Wildman–Crippen MR) is 75.5 cm³/mol. The molecule has 0 saturated carbocycles. The lowest BCUT2D eigenvalue weighted by Crippen LogP contribution is -2.15. The van der Waals surface area contributed by atoms with Gasteiger partial charge in [0, 0.05) is 17.9 Å². The minimum Gasteiger partial charge on any atom is -0.324 e. The molecular formula is C16H20N2. The summed E-state index contributed by atoms with van der Waals surface area (Å²) in [4.78, 5) is 4.21. The smallest absolute Gasteiger partial charge is 0.0375 e. The number of aromatic nitrogens is 1. The van der Waals surface area contributed by atoms with Gasteiger partial charge in [-0.15, -0.1) is 0 Å². The van der Waals surface area contributed by atoms with Crippen LogP contribution in [0, 0.1) is 20.8 Å². The number of aryl methyl sites for hydroxylation is 3. The summed E-state index contributed by atoms with van der Waals surface area (Å²) in [7, 11) is 0. The normalized spacial score (nSPS) is 12.4. The van der Waals surface area contributed by atoms with Crippen LogP contribution in [0.4, 0.5) is 0 Å². The van der Waals surface area contributed by atoms with Crippen molar-refractivity contribution >= 4 is 0 Å². The van der Waals surface area contributed by atoms with Gasteiger partial charge >= 0.3 is 0 Å². The van der Waals surface area contributed by atoms with E-state index < -0.39 is 0 Å². The standard InChI is InChI=1S/C16H20N2/c1-11-5-4-6-12(2)15(11)10-16(17)14-7-8-18-13(3)9-14/h4-9,16H,10,17H2,1-3H3. The molecule has 0 spiro atoms. The van der Waals surface area contributed by atoms with Crippen molar-refractivity contribution in [2.45, 2.75) is 33.2 Å². The van der Waals surface area contributed by atoms with E-state index in [0.29, 0.717) is 0 Å². The Bertz CT molecular complexity index is 526. The molecule has 94 valence electrons. The molecule has 18 heavy (non-hydrogen) atoms. The first-order chi connectivity index (χ1) is 8.58. The fraction of sp³-hybridized carbons (Fsp3) is 0.312. The molecule has 0 aliphatic carbocycles. The molecule has 2 N–H and O–H groups in total. The molecule has 1 aromatic carbocycles. The van der Waals surface area contributed by atoms with Gasteiger partial charge in [0.25, 0.3) is 0 Å². The average Bonchev–Trinajstić information content (AvgIpc) is 2.34. The van der Waals surface area contributed by atoms with Gasteiger partial charge in [-0.05, 0) is 61.6 Å². The monoisotopic (exact) mass is 240 g/mol. The quantitative estimate of drug-likeness (QED) is 0.894. The highest BCUT2D eigenvalue weighted by Gasteiger charge is 2.10. The lowest BCUT2D eigenvalue weighted by atomic mass is 9.93. The molecule has 0 radical (unpaired) electrons. The van der Waals surface area contributed by atoms with Crippen molar-refractivity contribution in [1.29, 1.82) is 0 Å². The van der Waals surface area contributed by atoms with Crippen molar-refractivity contribution in [2.75, 3.05) is 0 Å². The predicted octanol–water partition coefficient (Wildman–Crippen LogP) is 3.25. The highest BCUT2D eigenvalue weighted by atomic mass is 14.7. The minimum absolute atomic E-state index is 0.0338. The first kappa shape index (κ1) is 12.8. The van der Waals surface area contributed by atoms with Gasteiger partial charge in [-0.3, -0.25) is 4.98 Å². The number of nitrogens with zero attached hydrogens (tertiary/aromatic N) is 1. The zero-order valence-corrected chi connectivity index (χ0v) is 11.3. The molecule has 2 heteroatoms. The van der Waals surface area contributed by atoms with Crippen molar-refractivity contribution in [3.8, 4) is 0 Å². The van der Waals surface area contributed by atoms with Crippen molar-refractivity contribution in [3.05, 3.63) is 64.5 Å². The molecule has 0 fully saturated rings. The Hall–Kier alpha value is -1.67. The number of benzene rings is 1. The molecule has 0 amide bonds. The maximum Gasteiger partial charge on any atom is 0.0375 e. The third-order valence-electron chi connectivity index (χ3n) is 3.42. The van der Waals surface area contributed by atoms with Crippen molar-refractivity contribution in [1.82, 2.24) is 4.98 Å². The number of pyridine rings is 1. The van der Waals surface area contributed by atoms with Crippen LogP contribution in [0.2, 0.25) is 0 Å². The Balaban J connectivity index is 2.24. The molecule has 0 aliphatic heterocycles. The Morgan fingerprint density at radius 3 is 2.39 bits per heavy atom. The zero-order valence-electron chi connectivity index (χ0n) is 11.3. The first-order valence-electron chi connectivity index (χ1n) is 6.31. The van der Waals surface area contributed by atoms with Crippen LogP contribution in [0.5, 0.6) is 0 Å². The minimum atomic E-state index is 0.0338. The zero-order chi connectivity index (χ0) is 13.1. The van der Waals surface area contributed by atoms with E-state index in [4.69, 9.17) is 5.73 Å². The number of nitrogens with two attached hydrogens (primary N) is 1. The van der Waals surface area contributed by atoms with E-state index in [2.05, 4.69) is 43.1 Å². The van der Waals surface area contributed by atoms with Crippen molar-refractivity contribution < 1.29 is 0 Å². The summed E-state index contributed by atoms with van der Waals surface area (Å²) in [5.74, 6) is 0. The molecular weight excluding hydrogens is 220 g/mol. The molecule has 1 heterocycles. The second kappa shape index (κ2) is 5.32. The third-order valence-corrected chi connectivity index (χ3v) is 3.42. The molecule has 1 unspecified atom stereocenters. The van der Waals surface area contributed by atoms with Crippen LogP contribution in [-0.2, 0) is 6.42 Å². The van der Waals surface area contributed by atoms with Crippen LogP contribution < -0.4 is 5.73 Å². The van der Waals surface area contributed by atoms with Crippen LogP contribution in [0.3, 0.4) is 0 Å². The molecule has 2 nitrogen and oxygen atoms in total. The SMILES string of the molecule is Cc1cc(C(N)Cc2c(C)cccc2C)ccn1. The van der Waals surface area contributed by atoms with Gasteiger partial charge in [-0.2, -0.15) is 0 Å². The molecule has 2 rings (SSSR count). The highest BCUT2D eigenvalue weighted by Crippen LogP contribution is 2.21. The number of hydrogen-bond donors (Lipinski definition) is 1. The topological polar surface area (TPSA) is 38.9 Å². The molecule has 0 bridgehead atoms. The largest absolute Gasteiger partial charge is 0.324 e. The number of rotatable bonds is 3. The average molecular weight is 240 g/mol. The summed E-state index contributed by atoms with van der Waals surface area (Å²) in [6, 6.07) is 10.5. The maximum absolute atomic E-state index is 6.31. The second-order valence-electron chi connectivity index (χ2n) is 4.91. The van der Waals surface area contributed by atoms with Crippen LogP contribution in [0.1, 0.15) is 34.0 Å². The van der Waals surface area contributed by atoms with E-state index in [-0.39, 0.29) is 6.04 Å². The lowest BCUT2D eigenvalue weighted by molar-refractivity contribution is 0.713. The Labute approximate surface area is 109 Å². The van der Waals surface area contributed by atoms with Crippen LogP contribution in [-0.4, -0.2) is 4.98 Å². The fourth-order valence-corrected chi connectivity index (χ4v) is 2.31. The summed E-state index contributed by atoms with van der Waals surface area (Å²) in [6.45, 7) is 6.29. The van der Waals surface area contributed by atoms with Gasteiger partial charge in [-0.25, -0.2) is 0 Å². The fourth-order valence-electron chi connectivity index (χ4n) is 2.31. The summed E-state index contributed by atoms with van der Waals surface area (Å²) in [6.07, 6.45) is 2.71. The van der Waals surface area contributed by atoms with Gasteiger partial charge in [0.15, 0.2) is 0 Å². The molecule has 0 aliphatic rings. The summed E-state index contributed by atoms with van der Waals surface area (Å²) < 4.78 is 0. The summed E-state index contributed by atoms with van der Waals surface area (Å²) in [5, 5.41) is 0. The molecule has 1 atom stereocenters. The van der Waals surface area contributed by atoms with Gasteiger partial charge in [-0.1, -0.05) is 18.2 Å². The van der Waals surface area contributed by atoms with E-state index in [1.807, 2.05) is 19.2 Å². The molecule has 1 aromatic heterocycles. The van der Waals surface area contributed by atoms with E-state index >= 15 is 0 Å². The highest BCUT2D eigenvalue weighted by molar-refractivity contribution is 5.35. The Kier molecular flexibility index (Phi) is 3.78. The molecule has 2 aromatic rings. The first-order valence-corrected chi connectivity index (χ1v) is 6.31. The van der Waals surface area contributed by atoms with E-state index in [9.17, 15) is 0 Å². The molecule has 0 saturated heterocycles. The van der Waals surface area contributed by atoms with Crippen molar-refractivity contribution in [2.24, 2.45) is 5.73 Å². The van der Waals surface area contributed by atoms with Crippen LogP contribution in [0.15, 0.2) is 36.5 Å². The van der Waals surface area contributed by atoms with Gasteiger partial charge in [0.2, 0.25) is 0 Å². The van der Waals surface area contributed by atoms with Crippen molar-refractivity contribution in [3.63, 3.8) is 0 Å². The Morgan fingerprint density at radius 1 is 1.11 bits per heavy atom. The summed E-state index contributed by atoms with van der Waals surface area (Å²) >= 11 is 0. The number of hydrogen-bond acceptors (Lipinski definition) is 2. The van der Waals surface area contributed by atoms with Gasteiger partial charge in [0.05, 0.1) is 0 Å². The van der Waals surface area contributed by atoms with Gasteiger partial charge < -0.3 is 5.73 Å². The van der Waals surface area contributed by atoms with Crippen LogP contribution >= 0.6 is 0 Å². The van der Waals surface area contributed by atoms with E-state index in [1.165, 1.54) is 16.7 Å². The summed E-state index contributed by atoms with van der Waals surface area (Å²) in [5.41, 5.74) is 12.5. The van der Waals surface area contributed by atoms with E-state index in [0.717, 1.165) is 17.7 Å². The lowest BCUT2D eigenvalue weighted by Gasteiger charge is -2.16. The van der Waals surface area contributed by atoms with E-state index in [1.54, 1.807) is 0 Å². The van der Waals surface area contributed by atoms with Crippen LogP contribution in [0.25, 0.3) is 0 Å². The Morgan fingerprint density at radius 2 is 1.78 bits per heavy atom. The second-order valence-corrected chi connectivity index (χ2v) is 4.91.